The smallest absolute Gasteiger partial charge is 0.272 e. The zero-order valence-electron chi connectivity index (χ0n) is 15.4. The molecule has 2 aromatic heterocycles. The van der Waals surface area contributed by atoms with Gasteiger partial charge in [-0.25, -0.2) is 8.42 Å². The number of nitrogens with zero attached hydrogens (tertiary/aromatic N) is 2. The number of hydrogen-bond acceptors (Lipinski definition) is 5. The van der Waals surface area contributed by atoms with Crippen LogP contribution in [0.1, 0.15) is 41.5 Å². The summed E-state index contributed by atoms with van der Waals surface area (Å²) in [6.45, 7) is 1.92. The van der Waals surface area contributed by atoms with E-state index in [1.165, 1.54) is 0 Å². The quantitative estimate of drug-likeness (QED) is 0.692. The van der Waals surface area contributed by atoms with E-state index in [9.17, 15) is 13.2 Å². The largest absolute Gasteiger partial charge is 0.344 e. The minimum atomic E-state index is -3.05. The molecule has 8 heteroatoms. The van der Waals surface area contributed by atoms with E-state index in [-0.39, 0.29) is 29.5 Å². The number of benzene rings is 1. The molecule has 0 radical (unpaired) electrons. The Hall–Kier alpha value is -2.45. The number of hydrogen-bond donors (Lipinski definition) is 1. The zero-order valence-corrected chi connectivity index (χ0v) is 17.0. The number of sulfone groups is 1. The van der Waals surface area contributed by atoms with Crippen molar-refractivity contribution in [1.82, 2.24) is 15.1 Å². The number of carbonyl (C=O) groups is 1. The molecule has 1 aliphatic rings. The van der Waals surface area contributed by atoms with Gasteiger partial charge < -0.3 is 5.32 Å². The minimum Gasteiger partial charge on any atom is -0.344 e. The van der Waals surface area contributed by atoms with Crippen LogP contribution in [0.4, 0.5) is 0 Å². The molecule has 2 atom stereocenters. The first kappa shape index (κ1) is 18.9. The summed E-state index contributed by atoms with van der Waals surface area (Å²) in [5.41, 5.74) is 2.10. The Morgan fingerprint density at radius 1 is 1.25 bits per heavy atom. The van der Waals surface area contributed by atoms with Gasteiger partial charge >= 0.3 is 0 Å². The lowest BCUT2D eigenvalue weighted by atomic mass is 10.1. The fourth-order valence-corrected chi connectivity index (χ4v) is 5.88. The lowest BCUT2D eigenvalue weighted by Crippen LogP contribution is -2.27. The SMILES string of the molecule is C[C@H](NC(=O)c1cc(-c2cccs2)n([C@H]2CCS(=O)(=O)C2)n1)c1ccccc1. The molecule has 0 bridgehead atoms. The highest BCUT2D eigenvalue weighted by atomic mass is 32.2. The minimum absolute atomic E-state index is 0.0640. The van der Waals surface area contributed by atoms with Crippen molar-refractivity contribution in [2.45, 2.75) is 25.4 Å². The van der Waals surface area contributed by atoms with Crippen molar-refractivity contribution < 1.29 is 13.2 Å². The monoisotopic (exact) mass is 415 g/mol. The van der Waals surface area contributed by atoms with Crippen LogP contribution >= 0.6 is 11.3 Å². The molecule has 0 unspecified atom stereocenters. The van der Waals surface area contributed by atoms with Crippen molar-refractivity contribution in [3.05, 3.63) is 65.2 Å². The third-order valence-corrected chi connectivity index (χ3v) is 7.59. The van der Waals surface area contributed by atoms with Crippen molar-refractivity contribution in [2.75, 3.05) is 11.5 Å². The number of carbonyl (C=O) groups excluding carboxylic acids is 1. The summed E-state index contributed by atoms with van der Waals surface area (Å²) in [5.74, 6) is -0.0450. The van der Waals surface area contributed by atoms with Gasteiger partial charge in [-0.15, -0.1) is 11.3 Å². The Bertz CT molecular complexity index is 1070. The van der Waals surface area contributed by atoms with E-state index in [0.717, 1.165) is 16.1 Å². The zero-order chi connectivity index (χ0) is 19.7. The van der Waals surface area contributed by atoms with Crippen LogP contribution in [-0.2, 0) is 9.84 Å². The number of thiophene rings is 1. The molecule has 1 aliphatic heterocycles. The highest BCUT2D eigenvalue weighted by Gasteiger charge is 2.32. The van der Waals surface area contributed by atoms with Crippen LogP contribution in [0.15, 0.2) is 53.9 Å². The standard InChI is InChI=1S/C20H21N3O3S2/c1-14(15-6-3-2-4-7-15)21-20(24)17-12-18(19-8-5-10-27-19)23(22-17)16-9-11-28(25,26)13-16/h2-8,10,12,14,16H,9,11,13H2,1H3,(H,21,24)/t14-,16-/m0/s1. The van der Waals surface area contributed by atoms with Gasteiger partial charge in [0.05, 0.1) is 34.2 Å². The molecule has 1 aromatic carbocycles. The molecule has 1 amide bonds. The van der Waals surface area contributed by atoms with Crippen LogP contribution in [-0.4, -0.2) is 35.6 Å². The van der Waals surface area contributed by atoms with Crippen molar-refractivity contribution >= 4 is 27.1 Å². The van der Waals surface area contributed by atoms with Crippen molar-refractivity contribution in [3.63, 3.8) is 0 Å². The van der Waals surface area contributed by atoms with E-state index in [1.54, 1.807) is 22.1 Å². The molecule has 1 saturated heterocycles. The average molecular weight is 416 g/mol. The van der Waals surface area contributed by atoms with E-state index < -0.39 is 9.84 Å². The van der Waals surface area contributed by atoms with Crippen molar-refractivity contribution in [1.29, 1.82) is 0 Å². The van der Waals surface area contributed by atoms with Crippen molar-refractivity contribution in [2.24, 2.45) is 0 Å². The van der Waals surface area contributed by atoms with E-state index >= 15 is 0 Å². The predicted octanol–water partition coefficient (Wildman–Crippen LogP) is 3.46. The fourth-order valence-electron chi connectivity index (χ4n) is 3.46. The Morgan fingerprint density at radius 2 is 2.04 bits per heavy atom. The van der Waals surface area contributed by atoms with Gasteiger partial charge in [-0.05, 0) is 36.4 Å². The first-order chi connectivity index (χ1) is 13.4. The molecule has 146 valence electrons. The Morgan fingerprint density at radius 3 is 2.68 bits per heavy atom. The van der Waals surface area contributed by atoms with Crippen molar-refractivity contribution in [3.8, 4) is 10.6 Å². The lowest BCUT2D eigenvalue weighted by Gasteiger charge is -2.13. The molecular formula is C20H21N3O3S2. The Kier molecular flexibility index (Phi) is 5.07. The molecule has 3 aromatic rings. The van der Waals surface area contributed by atoms with Crippen LogP contribution < -0.4 is 5.32 Å². The summed E-state index contributed by atoms with van der Waals surface area (Å²) < 4.78 is 25.6. The van der Waals surface area contributed by atoms with Gasteiger partial charge in [-0.2, -0.15) is 5.10 Å². The lowest BCUT2D eigenvalue weighted by molar-refractivity contribution is 0.0933. The third-order valence-electron chi connectivity index (χ3n) is 4.94. The molecule has 0 aliphatic carbocycles. The second-order valence-electron chi connectivity index (χ2n) is 7.00. The van der Waals surface area contributed by atoms with Gasteiger partial charge in [-0.1, -0.05) is 36.4 Å². The molecule has 0 saturated carbocycles. The summed E-state index contributed by atoms with van der Waals surface area (Å²) in [6.07, 6.45) is 0.518. The normalized spacial score (nSPS) is 19.4. The number of nitrogens with one attached hydrogen (secondary N) is 1. The average Bonchev–Trinajstić information content (AvgIpc) is 3.40. The Labute approximate surface area is 168 Å². The molecule has 4 rings (SSSR count). The molecule has 1 fully saturated rings. The summed E-state index contributed by atoms with van der Waals surface area (Å²) in [6, 6.07) is 15.0. The fraction of sp³-hybridized carbons (Fsp3) is 0.300. The van der Waals surface area contributed by atoms with Crippen LogP contribution in [0.5, 0.6) is 0 Å². The number of rotatable bonds is 5. The van der Waals surface area contributed by atoms with E-state index in [2.05, 4.69) is 10.4 Å². The molecule has 3 heterocycles. The first-order valence-corrected chi connectivity index (χ1v) is 11.8. The number of aromatic nitrogens is 2. The third kappa shape index (κ3) is 3.88. The van der Waals surface area contributed by atoms with E-state index in [4.69, 9.17) is 0 Å². The second-order valence-corrected chi connectivity index (χ2v) is 10.2. The van der Waals surface area contributed by atoms with Gasteiger partial charge in [0.2, 0.25) is 0 Å². The maximum atomic E-state index is 12.8. The maximum Gasteiger partial charge on any atom is 0.272 e. The van der Waals surface area contributed by atoms with Gasteiger partial charge in [0, 0.05) is 0 Å². The highest BCUT2D eigenvalue weighted by Crippen LogP contribution is 2.32. The van der Waals surface area contributed by atoms with Gasteiger partial charge in [0.1, 0.15) is 0 Å². The van der Waals surface area contributed by atoms with Gasteiger partial charge in [0.15, 0.2) is 15.5 Å². The summed E-state index contributed by atoms with van der Waals surface area (Å²) in [7, 11) is -3.05. The molecule has 6 nitrogen and oxygen atoms in total. The summed E-state index contributed by atoms with van der Waals surface area (Å²) >= 11 is 1.54. The number of amides is 1. The van der Waals surface area contributed by atoms with Crippen LogP contribution in [0.2, 0.25) is 0 Å². The van der Waals surface area contributed by atoms with Gasteiger partial charge in [0.25, 0.3) is 5.91 Å². The highest BCUT2D eigenvalue weighted by molar-refractivity contribution is 7.91. The van der Waals surface area contributed by atoms with Crippen LogP contribution in [0, 0.1) is 0 Å². The van der Waals surface area contributed by atoms with Gasteiger partial charge in [-0.3, -0.25) is 9.48 Å². The summed E-state index contributed by atoms with van der Waals surface area (Å²) in [5, 5.41) is 9.44. The van der Waals surface area contributed by atoms with E-state index in [0.29, 0.717) is 12.1 Å². The van der Waals surface area contributed by atoms with Crippen LogP contribution in [0.25, 0.3) is 10.6 Å². The topological polar surface area (TPSA) is 81.1 Å². The molecule has 0 spiro atoms. The first-order valence-electron chi connectivity index (χ1n) is 9.12. The second kappa shape index (κ2) is 7.52. The summed E-state index contributed by atoms with van der Waals surface area (Å²) in [4.78, 5) is 13.8. The molecular weight excluding hydrogens is 394 g/mol. The molecule has 1 N–H and O–H groups in total. The van der Waals surface area contributed by atoms with Crippen LogP contribution in [0.3, 0.4) is 0 Å². The maximum absolute atomic E-state index is 12.8. The molecule has 28 heavy (non-hydrogen) atoms. The predicted molar refractivity (Wildman–Crippen MR) is 110 cm³/mol. The Balaban J connectivity index is 1.63. The van der Waals surface area contributed by atoms with E-state index in [1.807, 2.05) is 54.8 Å².